The second kappa shape index (κ2) is 4.32. The van der Waals surface area contributed by atoms with Gasteiger partial charge < -0.3 is 9.88 Å². The molecule has 0 saturated carbocycles. The minimum absolute atomic E-state index is 0.0138. The fourth-order valence-corrected chi connectivity index (χ4v) is 1.96. The van der Waals surface area contributed by atoms with E-state index in [1.54, 1.807) is 0 Å². The van der Waals surface area contributed by atoms with Crippen molar-refractivity contribution in [3.05, 3.63) is 23.0 Å². The lowest BCUT2D eigenvalue weighted by Gasteiger charge is -2.21. The van der Waals surface area contributed by atoms with Crippen LogP contribution in [0.5, 0.6) is 0 Å². The Morgan fingerprint density at radius 1 is 1.38 bits per heavy atom. The number of aryl methyl sites for hydroxylation is 2. The third-order valence-corrected chi connectivity index (χ3v) is 2.51. The third kappa shape index (κ3) is 2.65. The van der Waals surface area contributed by atoms with Gasteiger partial charge in [-0.25, -0.2) is 0 Å². The van der Waals surface area contributed by atoms with Gasteiger partial charge in [0.1, 0.15) is 5.69 Å². The van der Waals surface area contributed by atoms with E-state index in [2.05, 4.69) is 22.9 Å². The van der Waals surface area contributed by atoms with Crippen LogP contribution in [0.15, 0.2) is 6.07 Å². The molecule has 16 heavy (non-hydrogen) atoms. The van der Waals surface area contributed by atoms with Gasteiger partial charge in [0.05, 0.1) is 0 Å². The van der Waals surface area contributed by atoms with Crippen LogP contribution in [0.4, 0.5) is 0 Å². The van der Waals surface area contributed by atoms with E-state index < -0.39 is 0 Å². The highest BCUT2D eigenvalue weighted by Gasteiger charge is 2.20. The highest BCUT2D eigenvalue weighted by atomic mass is 16.2. The van der Waals surface area contributed by atoms with Crippen LogP contribution in [0, 0.1) is 13.8 Å². The predicted molar refractivity (Wildman–Crippen MR) is 66.8 cm³/mol. The van der Waals surface area contributed by atoms with Gasteiger partial charge in [0.15, 0.2) is 0 Å². The summed E-state index contributed by atoms with van der Waals surface area (Å²) in [5, 5.41) is 3.00. The van der Waals surface area contributed by atoms with Gasteiger partial charge in [-0.2, -0.15) is 0 Å². The standard InChI is InChI=1S/C13H22N2O/c1-7-15-10(3)8-9(2)11(15)12(16)14-13(4,5)6/h8H,7H2,1-6H3,(H,14,16). The first kappa shape index (κ1) is 12.8. The summed E-state index contributed by atoms with van der Waals surface area (Å²) in [5.74, 6) is 0.0138. The molecule has 1 N–H and O–H groups in total. The Morgan fingerprint density at radius 2 is 1.94 bits per heavy atom. The first-order chi connectivity index (χ1) is 7.26. The van der Waals surface area contributed by atoms with Crippen LogP contribution in [-0.2, 0) is 6.54 Å². The molecule has 0 unspecified atom stereocenters. The average Bonchev–Trinajstić information content (AvgIpc) is 2.37. The Bertz CT molecular complexity index is 397. The highest BCUT2D eigenvalue weighted by molar-refractivity contribution is 5.94. The van der Waals surface area contributed by atoms with Gasteiger partial charge in [0.25, 0.3) is 5.91 Å². The van der Waals surface area contributed by atoms with E-state index in [9.17, 15) is 4.79 Å². The maximum Gasteiger partial charge on any atom is 0.268 e. The van der Waals surface area contributed by atoms with Crippen LogP contribution >= 0.6 is 0 Å². The summed E-state index contributed by atoms with van der Waals surface area (Å²) in [5.41, 5.74) is 2.77. The molecule has 0 spiro atoms. The minimum Gasteiger partial charge on any atom is -0.346 e. The molecule has 0 aliphatic carbocycles. The summed E-state index contributed by atoms with van der Waals surface area (Å²) in [6.07, 6.45) is 0. The van der Waals surface area contributed by atoms with E-state index in [1.807, 2.05) is 34.6 Å². The number of amides is 1. The molecule has 0 saturated heterocycles. The largest absolute Gasteiger partial charge is 0.346 e. The second-order valence-electron chi connectivity index (χ2n) is 5.27. The topological polar surface area (TPSA) is 34.0 Å². The van der Waals surface area contributed by atoms with Gasteiger partial charge >= 0.3 is 0 Å². The zero-order valence-corrected chi connectivity index (χ0v) is 11.1. The number of carbonyl (C=O) groups is 1. The molecule has 3 nitrogen and oxygen atoms in total. The molecule has 0 aromatic carbocycles. The van der Waals surface area contributed by atoms with E-state index in [1.165, 1.54) is 0 Å². The lowest BCUT2D eigenvalue weighted by Crippen LogP contribution is -2.41. The molecule has 1 aromatic heterocycles. The zero-order chi connectivity index (χ0) is 12.5. The molecular formula is C13H22N2O. The van der Waals surface area contributed by atoms with Gasteiger partial charge in [0.2, 0.25) is 0 Å². The minimum atomic E-state index is -0.194. The van der Waals surface area contributed by atoms with Crippen molar-refractivity contribution in [3.8, 4) is 0 Å². The van der Waals surface area contributed by atoms with Crippen LogP contribution in [0.25, 0.3) is 0 Å². The number of aromatic nitrogens is 1. The maximum absolute atomic E-state index is 12.1. The van der Waals surface area contributed by atoms with E-state index >= 15 is 0 Å². The smallest absolute Gasteiger partial charge is 0.268 e. The summed E-state index contributed by atoms with van der Waals surface area (Å²) in [6, 6.07) is 2.06. The van der Waals surface area contributed by atoms with Gasteiger partial charge in [0, 0.05) is 17.8 Å². The van der Waals surface area contributed by atoms with Crippen molar-refractivity contribution in [3.63, 3.8) is 0 Å². The molecule has 1 amide bonds. The van der Waals surface area contributed by atoms with Crippen molar-refractivity contribution in [2.45, 2.75) is 53.6 Å². The molecule has 0 bridgehead atoms. The molecule has 0 aliphatic rings. The van der Waals surface area contributed by atoms with Gasteiger partial charge in [-0.1, -0.05) is 0 Å². The zero-order valence-electron chi connectivity index (χ0n) is 11.1. The monoisotopic (exact) mass is 222 g/mol. The van der Waals surface area contributed by atoms with Gasteiger partial charge in [-0.15, -0.1) is 0 Å². The summed E-state index contributed by atoms with van der Waals surface area (Å²) in [7, 11) is 0. The molecule has 1 heterocycles. The molecule has 3 heteroatoms. The number of nitrogens with zero attached hydrogens (tertiary/aromatic N) is 1. The Hall–Kier alpha value is -1.25. The number of hydrogen-bond acceptors (Lipinski definition) is 1. The SMILES string of the molecule is CCn1c(C)cc(C)c1C(=O)NC(C)(C)C. The Balaban J connectivity index is 3.08. The van der Waals surface area contributed by atoms with Crippen molar-refractivity contribution in [2.75, 3.05) is 0 Å². The summed E-state index contributed by atoms with van der Waals surface area (Å²) in [4.78, 5) is 12.1. The summed E-state index contributed by atoms with van der Waals surface area (Å²) in [6.45, 7) is 12.9. The average molecular weight is 222 g/mol. The maximum atomic E-state index is 12.1. The Kier molecular flexibility index (Phi) is 3.46. The number of hydrogen-bond donors (Lipinski definition) is 1. The molecular weight excluding hydrogens is 200 g/mol. The normalized spacial score (nSPS) is 11.6. The fourth-order valence-electron chi connectivity index (χ4n) is 1.96. The van der Waals surface area contributed by atoms with E-state index in [0.29, 0.717) is 0 Å². The lowest BCUT2D eigenvalue weighted by molar-refractivity contribution is 0.0909. The van der Waals surface area contributed by atoms with Crippen molar-refractivity contribution >= 4 is 5.91 Å². The quantitative estimate of drug-likeness (QED) is 0.820. The first-order valence-electron chi connectivity index (χ1n) is 5.75. The number of carbonyl (C=O) groups excluding carboxylic acids is 1. The highest BCUT2D eigenvalue weighted by Crippen LogP contribution is 2.15. The van der Waals surface area contributed by atoms with Gasteiger partial charge in [-0.05, 0) is 53.2 Å². The molecule has 1 rings (SSSR count). The van der Waals surface area contributed by atoms with Crippen LogP contribution < -0.4 is 5.32 Å². The van der Waals surface area contributed by atoms with Crippen LogP contribution in [0.2, 0.25) is 0 Å². The van der Waals surface area contributed by atoms with E-state index in [-0.39, 0.29) is 11.4 Å². The third-order valence-electron chi connectivity index (χ3n) is 2.51. The van der Waals surface area contributed by atoms with E-state index in [0.717, 1.165) is 23.5 Å². The van der Waals surface area contributed by atoms with Crippen molar-refractivity contribution in [2.24, 2.45) is 0 Å². The van der Waals surface area contributed by atoms with Crippen molar-refractivity contribution < 1.29 is 4.79 Å². The number of nitrogens with one attached hydrogen (secondary N) is 1. The first-order valence-corrected chi connectivity index (χ1v) is 5.75. The van der Waals surface area contributed by atoms with Crippen molar-refractivity contribution in [1.29, 1.82) is 0 Å². The molecule has 0 atom stereocenters. The summed E-state index contributed by atoms with van der Waals surface area (Å²) >= 11 is 0. The van der Waals surface area contributed by atoms with Crippen molar-refractivity contribution in [1.82, 2.24) is 9.88 Å². The molecule has 1 aromatic rings. The molecule has 0 aliphatic heterocycles. The summed E-state index contributed by atoms with van der Waals surface area (Å²) < 4.78 is 2.05. The molecule has 90 valence electrons. The van der Waals surface area contributed by atoms with E-state index in [4.69, 9.17) is 0 Å². The second-order valence-corrected chi connectivity index (χ2v) is 5.27. The number of rotatable bonds is 2. The van der Waals surface area contributed by atoms with Crippen LogP contribution in [-0.4, -0.2) is 16.0 Å². The Labute approximate surface area is 97.8 Å². The predicted octanol–water partition coefficient (Wildman–Crippen LogP) is 2.65. The lowest BCUT2D eigenvalue weighted by atomic mass is 10.1. The van der Waals surface area contributed by atoms with Crippen LogP contribution in [0.1, 0.15) is 49.4 Å². The van der Waals surface area contributed by atoms with Crippen LogP contribution in [0.3, 0.4) is 0 Å². The molecule has 0 fully saturated rings. The fraction of sp³-hybridized carbons (Fsp3) is 0.615. The molecule has 0 radical (unpaired) electrons. The Morgan fingerprint density at radius 3 is 2.38 bits per heavy atom. The van der Waals surface area contributed by atoms with Gasteiger partial charge in [-0.3, -0.25) is 4.79 Å².